The minimum Gasteiger partial charge on any atom is -0.545 e. The Morgan fingerprint density at radius 1 is 0.566 bits per heavy atom. The lowest BCUT2D eigenvalue weighted by molar-refractivity contribution is -0.870. The van der Waals surface area contributed by atoms with Gasteiger partial charge in [-0.05, 0) is 70.6 Å². The number of aliphatic carboxylic acids is 1. The van der Waals surface area contributed by atoms with Crippen LogP contribution in [-0.4, -0.2) is 82.3 Å². The molecule has 0 aliphatic heterocycles. The van der Waals surface area contributed by atoms with Crippen molar-refractivity contribution in [2.24, 2.45) is 0 Å². The van der Waals surface area contributed by atoms with Gasteiger partial charge in [-0.15, -0.1) is 0 Å². The number of likely N-dealkylation sites (N-methyl/N-ethyl adjacent to an activating group) is 1. The normalized spacial score (nSPS) is 13.9. The predicted octanol–water partition coefficient (Wildman–Crippen LogP) is 8.43. The fourth-order valence-electron chi connectivity index (χ4n) is 4.62. The van der Waals surface area contributed by atoms with Crippen LogP contribution in [0.1, 0.15) is 117 Å². The number of unbranched alkanes of at least 4 members (excludes halogenated alkanes) is 5. The van der Waals surface area contributed by atoms with Gasteiger partial charge in [0, 0.05) is 12.8 Å². The molecule has 9 heteroatoms. The molecule has 0 heterocycles. The number of allylic oxidation sites excluding steroid dienone is 14. The lowest BCUT2D eigenvalue weighted by Crippen LogP contribution is -2.44. The molecule has 0 aromatic heterocycles. The maximum absolute atomic E-state index is 12.6. The van der Waals surface area contributed by atoms with Gasteiger partial charge >= 0.3 is 11.9 Å². The molecule has 0 aromatic carbocycles. The van der Waals surface area contributed by atoms with Gasteiger partial charge < -0.3 is 33.3 Å². The number of quaternary nitrogens is 1. The molecule has 0 N–H and O–H groups in total. The van der Waals surface area contributed by atoms with Crippen LogP contribution in [0.2, 0.25) is 0 Å². The van der Waals surface area contributed by atoms with Crippen molar-refractivity contribution in [2.45, 2.75) is 129 Å². The van der Waals surface area contributed by atoms with E-state index in [1.807, 2.05) is 33.3 Å². The summed E-state index contributed by atoms with van der Waals surface area (Å²) in [5.41, 5.74) is 0. The third kappa shape index (κ3) is 36.6. The molecule has 0 radical (unpaired) electrons. The molecule has 0 aromatic rings. The molecule has 0 spiro atoms. The second-order valence-electron chi connectivity index (χ2n) is 13.8. The van der Waals surface area contributed by atoms with Crippen molar-refractivity contribution < 1.29 is 42.9 Å². The number of hydrogen-bond donors (Lipinski definition) is 0. The molecular weight excluding hydrogens is 670 g/mol. The highest BCUT2D eigenvalue weighted by molar-refractivity contribution is 5.70. The Hall–Kier alpha value is -3.53. The van der Waals surface area contributed by atoms with Crippen LogP contribution in [0.25, 0.3) is 0 Å². The zero-order chi connectivity index (χ0) is 39.3. The standard InChI is InChI=1S/C44H71NO8/c1-6-8-10-12-14-16-18-20-21-23-24-26-28-30-32-34-41(46)51-38-40(39-52-44(43(48)49)50-37-36-45(3,4)5)53-42(47)35-33-31-29-27-25-22-19-17-15-13-11-9-7-2/h8-11,14-17,20-22,25,29,31,40,44H,6-7,12-13,18-19,23-24,26-28,30,32-39H2,1-5H3/b10-8-,11-9-,16-14-,17-15-,21-20-,25-22-,31-29-. The highest BCUT2D eigenvalue weighted by Gasteiger charge is 2.21. The van der Waals surface area contributed by atoms with Crippen molar-refractivity contribution in [1.82, 2.24) is 0 Å². The summed E-state index contributed by atoms with van der Waals surface area (Å²) in [7, 11) is 5.86. The van der Waals surface area contributed by atoms with Crippen molar-refractivity contribution in [3.05, 3.63) is 85.1 Å². The zero-order valence-corrected chi connectivity index (χ0v) is 33.6. The van der Waals surface area contributed by atoms with Crippen LogP contribution in [0.15, 0.2) is 85.1 Å². The number of nitrogens with zero attached hydrogens (tertiary/aromatic N) is 1. The summed E-state index contributed by atoms with van der Waals surface area (Å²) in [6.07, 6.45) is 40.7. The molecular formula is C44H71NO8. The van der Waals surface area contributed by atoms with Gasteiger partial charge in [-0.1, -0.05) is 118 Å². The lowest BCUT2D eigenvalue weighted by atomic mass is 10.1. The van der Waals surface area contributed by atoms with Crippen LogP contribution in [0, 0.1) is 0 Å². The van der Waals surface area contributed by atoms with E-state index < -0.39 is 30.3 Å². The molecule has 53 heavy (non-hydrogen) atoms. The van der Waals surface area contributed by atoms with E-state index in [9.17, 15) is 19.5 Å². The SMILES string of the molecule is CC/C=C\C/C=C\C/C=C\C/C=C\CCC(=O)OC(COC(=O)CCCCCCC/C=C\C/C=C\C/C=C\CC)COC(OCC[N+](C)(C)C)C(=O)[O-]. The lowest BCUT2D eigenvalue weighted by Gasteiger charge is -2.26. The summed E-state index contributed by atoms with van der Waals surface area (Å²) in [5, 5.41) is 11.6. The Kier molecular flexibility index (Phi) is 33.1. The number of carboxylic acids is 1. The molecule has 0 bridgehead atoms. The minimum absolute atomic E-state index is 0.117. The molecule has 0 amide bonds. The summed E-state index contributed by atoms with van der Waals surface area (Å²) < 4.78 is 22.3. The van der Waals surface area contributed by atoms with E-state index >= 15 is 0 Å². The van der Waals surface area contributed by atoms with E-state index in [1.165, 1.54) is 0 Å². The largest absolute Gasteiger partial charge is 0.545 e. The predicted molar refractivity (Wildman–Crippen MR) is 214 cm³/mol. The first-order valence-electron chi connectivity index (χ1n) is 19.7. The van der Waals surface area contributed by atoms with Gasteiger partial charge in [0.25, 0.3) is 0 Å². The zero-order valence-electron chi connectivity index (χ0n) is 33.6. The summed E-state index contributed by atoms with van der Waals surface area (Å²) in [5.74, 6) is -2.44. The molecule has 0 fully saturated rings. The summed E-state index contributed by atoms with van der Waals surface area (Å²) in [4.78, 5) is 36.8. The van der Waals surface area contributed by atoms with Gasteiger partial charge in [-0.25, -0.2) is 0 Å². The Balaban J connectivity index is 4.66. The van der Waals surface area contributed by atoms with Crippen LogP contribution >= 0.6 is 0 Å². The number of hydrogen-bond acceptors (Lipinski definition) is 8. The van der Waals surface area contributed by atoms with E-state index in [0.717, 1.165) is 77.0 Å². The number of esters is 2. The Bertz CT molecular complexity index is 1140. The Morgan fingerprint density at radius 3 is 1.58 bits per heavy atom. The highest BCUT2D eigenvalue weighted by Crippen LogP contribution is 2.10. The van der Waals surface area contributed by atoms with E-state index in [4.69, 9.17) is 18.9 Å². The summed E-state index contributed by atoms with van der Waals surface area (Å²) in [6, 6.07) is 0. The second-order valence-corrected chi connectivity index (χ2v) is 13.8. The van der Waals surface area contributed by atoms with Crippen LogP contribution in [0.5, 0.6) is 0 Å². The molecule has 0 rings (SSSR count). The van der Waals surface area contributed by atoms with Crippen LogP contribution < -0.4 is 5.11 Å². The second kappa shape index (κ2) is 35.5. The van der Waals surface area contributed by atoms with Gasteiger partial charge in [0.05, 0.1) is 40.3 Å². The molecule has 300 valence electrons. The van der Waals surface area contributed by atoms with Gasteiger partial charge in [0.15, 0.2) is 12.4 Å². The molecule has 9 nitrogen and oxygen atoms in total. The van der Waals surface area contributed by atoms with Crippen molar-refractivity contribution in [3.63, 3.8) is 0 Å². The first-order valence-corrected chi connectivity index (χ1v) is 19.7. The van der Waals surface area contributed by atoms with Gasteiger partial charge in [-0.3, -0.25) is 9.59 Å². The molecule has 2 unspecified atom stereocenters. The minimum atomic E-state index is -1.65. The molecule has 0 saturated heterocycles. The quantitative estimate of drug-likeness (QED) is 0.0213. The van der Waals surface area contributed by atoms with E-state index in [1.54, 1.807) is 0 Å². The van der Waals surface area contributed by atoms with Gasteiger partial charge in [0.2, 0.25) is 0 Å². The van der Waals surface area contributed by atoms with Crippen molar-refractivity contribution in [3.8, 4) is 0 Å². The van der Waals surface area contributed by atoms with Crippen LogP contribution in [0.4, 0.5) is 0 Å². The van der Waals surface area contributed by atoms with Gasteiger partial charge in [0.1, 0.15) is 13.2 Å². The van der Waals surface area contributed by atoms with Crippen molar-refractivity contribution in [1.29, 1.82) is 0 Å². The fraction of sp³-hybridized carbons (Fsp3) is 0.614. The number of carbonyl (C=O) groups is 3. The Morgan fingerprint density at radius 2 is 1.06 bits per heavy atom. The van der Waals surface area contributed by atoms with Crippen molar-refractivity contribution >= 4 is 17.9 Å². The first kappa shape index (κ1) is 49.5. The van der Waals surface area contributed by atoms with Crippen LogP contribution in [0.3, 0.4) is 0 Å². The third-order valence-corrected chi connectivity index (χ3v) is 7.65. The topological polar surface area (TPSA) is 111 Å². The molecule has 0 saturated carbocycles. The fourth-order valence-corrected chi connectivity index (χ4v) is 4.62. The van der Waals surface area contributed by atoms with E-state index in [0.29, 0.717) is 23.9 Å². The average molecular weight is 742 g/mol. The Labute approximate surface area is 321 Å². The molecule has 2 atom stereocenters. The number of carboxylic acid groups (broad SMARTS) is 1. The number of ether oxygens (including phenoxy) is 4. The average Bonchev–Trinajstić information content (AvgIpc) is 3.11. The smallest absolute Gasteiger partial charge is 0.306 e. The van der Waals surface area contributed by atoms with E-state index in [2.05, 4.69) is 86.8 Å². The van der Waals surface area contributed by atoms with Gasteiger partial charge in [-0.2, -0.15) is 0 Å². The maximum Gasteiger partial charge on any atom is 0.306 e. The first-order chi connectivity index (χ1) is 25.6. The third-order valence-electron chi connectivity index (χ3n) is 7.65. The maximum atomic E-state index is 12.6. The number of carbonyl (C=O) groups excluding carboxylic acids is 3. The summed E-state index contributed by atoms with van der Waals surface area (Å²) >= 11 is 0. The van der Waals surface area contributed by atoms with Crippen molar-refractivity contribution in [2.75, 3.05) is 47.5 Å². The number of rotatable bonds is 34. The monoisotopic (exact) mass is 742 g/mol. The summed E-state index contributed by atoms with van der Waals surface area (Å²) in [6.45, 7) is 4.36. The van der Waals surface area contributed by atoms with E-state index in [-0.39, 0.29) is 32.7 Å². The highest BCUT2D eigenvalue weighted by atomic mass is 16.7. The molecule has 0 aliphatic carbocycles. The van der Waals surface area contributed by atoms with Crippen LogP contribution in [-0.2, 0) is 33.3 Å². The molecule has 0 aliphatic rings.